The van der Waals surface area contributed by atoms with Gasteiger partial charge in [0.25, 0.3) is 10.9 Å². The molecule has 0 radical (unpaired) electrons. The number of hydrogen-bond donors (Lipinski definition) is 3. The Morgan fingerprint density at radius 3 is 2.39 bits per heavy atom. The molecule has 0 saturated carbocycles. The third kappa shape index (κ3) is 8.32. The molecule has 2 unspecified atom stereocenters. The van der Waals surface area contributed by atoms with Gasteiger partial charge in [-0.2, -0.15) is 0 Å². The molecular formula is C23H37N4O3P. The van der Waals surface area contributed by atoms with Gasteiger partial charge in [0.15, 0.2) is 0 Å². The summed E-state index contributed by atoms with van der Waals surface area (Å²) in [5.74, 6) is 0. The van der Waals surface area contributed by atoms with Crippen LogP contribution >= 0.6 is 8.30 Å². The summed E-state index contributed by atoms with van der Waals surface area (Å²) in [7, 11) is -0.555. The average Bonchev–Trinajstić information content (AvgIpc) is 2.79. The molecule has 0 aliphatic heterocycles. The van der Waals surface area contributed by atoms with Gasteiger partial charge in [-0.25, -0.2) is 0 Å². The smallest absolute Gasteiger partial charge is 0.253 e. The molecule has 2 aromatic rings. The van der Waals surface area contributed by atoms with Gasteiger partial charge in [-0.15, -0.1) is 0 Å². The van der Waals surface area contributed by atoms with E-state index in [4.69, 9.17) is 4.52 Å². The zero-order valence-corrected chi connectivity index (χ0v) is 20.0. The normalized spacial score (nSPS) is 13.3. The lowest BCUT2D eigenvalue weighted by Gasteiger charge is -2.24. The first kappa shape index (κ1) is 25.4. The van der Waals surface area contributed by atoms with Gasteiger partial charge in [0.05, 0.1) is 0 Å². The lowest BCUT2D eigenvalue weighted by molar-refractivity contribution is 0.362. The second-order valence-corrected chi connectivity index (χ2v) is 9.37. The Hall–Kier alpha value is -1.82. The maximum absolute atomic E-state index is 11.9. The topological polar surface area (TPSA) is 92.4 Å². The van der Waals surface area contributed by atoms with Crippen LogP contribution in [-0.2, 0) is 4.52 Å². The van der Waals surface area contributed by atoms with Crippen molar-refractivity contribution in [2.24, 2.45) is 0 Å². The van der Waals surface area contributed by atoms with E-state index >= 15 is 0 Å². The van der Waals surface area contributed by atoms with Crippen molar-refractivity contribution in [2.75, 3.05) is 29.9 Å². The van der Waals surface area contributed by atoms with Crippen LogP contribution in [0.4, 0.5) is 17.1 Å². The van der Waals surface area contributed by atoms with Gasteiger partial charge in [-0.1, -0.05) is 33.1 Å². The highest BCUT2D eigenvalue weighted by atomic mass is 31.2. The summed E-state index contributed by atoms with van der Waals surface area (Å²) in [5, 5.41) is 9.86. The van der Waals surface area contributed by atoms with E-state index in [1.54, 1.807) is 24.5 Å². The lowest BCUT2D eigenvalue weighted by Crippen LogP contribution is -2.36. The van der Waals surface area contributed by atoms with Gasteiger partial charge in [-0.3, -0.25) is 19.7 Å². The second-order valence-electron chi connectivity index (χ2n) is 7.65. The van der Waals surface area contributed by atoms with Crippen LogP contribution in [0.2, 0.25) is 0 Å². The van der Waals surface area contributed by atoms with Crippen LogP contribution in [0.1, 0.15) is 65.7 Å². The molecule has 1 heterocycles. The first-order valence-electron chi connectivity index (χ1n) is 11.5. The number of nitrogens with one attached hydrogen (secondary N) is 3. The van der Waals surface area contributed by atoms with Crippen LogP contribution in [-0.4, -0.2) is 30.3 Å². The maximum atomic E-state index is 11.9. The van der Waals surface area contributed by atoms with Crippen LogP contribution in [0, 0.1) is 0 Å². The van der Waals surface area contributed by atoms with E-state index in [1.165, 1.54) is 12.8 Å². The number of hydrogen-bond acceptors (Lipinski definition) is 7. The first-order valence-corrected chi connectivity index (χ1v) is 13.0. The molecule has 1 aromatic heterocycles. The van der Waals surface area contributed by atoms with Crippen LogP contribution in [0.25, 0.3) is 0 Å². The van der Waals surface area contributed by atoms with Gasteiger partial charge in [0.1, 0.15) is 19.7 Å². The molecule has 7 nitrogen and oxygen atoms in total. The number of pyridine rings is 1. The Morgan fingerprint density at radius 1 is 1.00 bits per heavy atom. The monoisotopic (exact) mass is 448 g/mol. The van der Waals surface area contributed by atoms with Crippen molar-refractivity contribution in [3.8, 4) is 0 Å². The summed E-state index contributed by atoms with van der Waals surface area (Å²) in [5.41, 5.74) is 0.579. The standard InChI is InChI=1S/C23H37N4O3P/c1-4-11-18(5-2)27-31(30-6-3)17-10-8-7-9-14-25-20-21(23(29)22(20)28)26-19-12-15-24-16-13-19/h12-13,15-16,18,25,27H,4-11,14,17H2,1-3H3,(H,24,26). The quantitative estimate of drug-likeness (QED) is 0.180. The van der Waals surface area contributed by atoms with Crippen molar-refractivity contribution in [1.82, 2.24) is 10.1 Å². The van der Waals surface area contributed by atoms with Crippen LogP contribution in [0.15, 0.2) is 34.1 Å². The van der Waals surface area contributed by atoms with Crippen LogP contribution in [0.3, 0.4) is 0 Å². The largest absolute Gasteiger partial charge is 0.380 e. The summed E-state index contributed by atoms with van der Waals surface area (Å²) < 4.78 is 5.94. The van der Waals surface area contributed by atoms with Crippen molar-refractivity contribution < 1.29 is 4.52 Å². The molecule has 1 aromatic carbocycles. The molecule has 0 aliphatic rings. The molecular weight excluding hydrogens is 411 g/mol. The van der Waals surface area contributed by atoms with Gasteiger partial charge in [0.2, 0.25) is 0 Å². The number of nitrogens with zero attached hydrogens (tertiary/aromatic N) is 1. The maximum Gasteiger partial charge on any atom is 0.253 e. The van der Waals surface area contributed by atoms with Gasteiger partial charge in [0, 0.05) is 43.4 Å². The van der Waals surface area contributed by atoms with Crippen LogP contribution in [0.5, 0.6) is 0 Å². The van der Waals surface area contributed by atoms with Crippen molar-refractivity contribution in [2.45, 2.75) is 71.8 Å². The second kappa shape index (κ2) is 14.3. The Kier molecular flexibility index (Phi) is 11.7. The average molecular weight is 449 g/mol. The molecule has 3 N–H and O–H groups in total. The SMILES string of the molecule is CCCC(CC)NP(CCCCCCNc1c(Nc2ccncc2)c(=O)c1=O)OCC. The fourth-order valence-electron chi connectivity index (χ4n) is 3.44. The number of rotatable bonds is 17. The van der Waals surface area contributed by atoms with Gasteiger partial charge < -0.3 is 15.2 Å². The zero-order chi connectivity index (χ0) is 22.5. The van der Waals surface area contributed by atoms with Crippen molar-refractivity contribution in [3.05, 3.63) is 45.0 Å². The van der Waals surface area contributed by atoms with E-state index in [1.807, 2.05) is 0 Å². The van der Waals surface area contributed by atoms with Crippen molar-refractivity contribution >= 4 is 25.4 Å². The Balaban J connectivity index is 1.66. The predicted octanol–water partition coefficient (Wildman–Crippen LogP) is 4.91. The summed E-state index contributed by atoms with van der Waals surface area (Å²) in [4.78, 5) is 27.7. The van der Waals surface area contributed by atoms with Gasteiger partial charge >= 0.3 is 0 Å². The summed E-state index contributed by atoms with van der Waals surface area (Å²) in [6.45, 7) is 7.95. The lowest BCUT2D eigenvalue weighted by atomic mass is 10.1. The molecule has 0 saturated heterocycles. The molecule has 172 valence electrons. The fourth-order valence-corrected chi connectivity index (χ4v) is 5.31. The molecule has 8 heteroatoms. The minimum atomic E-state index is -0.555. The van der Waals surface area contributed by atoms with E-state index in [9.17, 15) is 9.59 Å². The minimum absolute atomic E-state index is 0.349. The molecule has 0 fully saturated rings. The number of anilines is 3. The zero-order valence-electron chi connectivity index (χ0n) is 19.1. The summed E-state index contributed by atoms with van der Waals surface area (Å²) >= 11 is 0. The highest BCUT2D eigenvalue weighted by Crippen LogP contribution is 2.35. The molecule has 2 rings (SSSR count). The van der Waals surface area contributed by atoms with E-state index in [-0.39, 0.29) is 0 Å². The van der Waals surface area contributed by atoms with E-state index in [0.29, 0.717) is 24.0 Å². The molecule has 0 amide bonds. The van der Waals surface area contributed by atoms with Gasteiger partial charge in [-0.05, 0) is 44.7 Å². The Morgan fingerprint density at radius 2 is 1.71 bits per heavy atom. The van der Waals surface area contributed by atoms with Crippen molar-refractivity contribution in [1.29, 1.82) is 0 Å². The first-order chi connectivity index (χ1) is 15.1. The van der Waals surface area contributed by atoms with Crippen LogP contribution < -0.4 is 26.6 Å². The Bertz CT molecular complexity index is 824. The molecule has 0 aliphatic carbocycles. The molecule has 31 heavy (non-hydrogen) atoms. The third-order valence-electron chi connectivity index (χ3n) is 5.19. The van der Waals surface area contributed by atoms with Crippen molar-refractivity contribution in [3.63, 3.8) is 0 Å². The highest BCUT2D eigenvalue weighted by molar-refractivity contribution is 7.50. The highest BCUT2D eigenvalue weighted by Gasteiger charge is 2.20. The molecule has 0 bridgehead atoms. The van der Waals surface area contributed by atoms with E-state index in [2.05, 4.69) is 41.5 Å². The molecule has 2 atom stereocenters. The van der Waals surface area contributed by atoms with E-state index in [0.717, 1.165) is 50.6 Å². The summed E-state index contributed by atoms with van der Waals surface area (Å²) in [6.07, 6.45) is 12.2. The molecule has 0 spiro atoms. The number of unbranched alkanes of at least 4 members (excludes halogenated alkanes) is 3. The van der Waals surface area contributed by atoms with E-state index < -0.39 is 19.2 Å². The third-order valence-corrected chi connectivity index (χ3v) is 7.14. The predicted molar refractivity (Wildman–Crippen MR) is 131 cm³/mol. The minimum Gasteiger partial charge on any atom is -0.380 e. The Labute approximate surface area is 187 Å². The summed E-state index contributed by atoms with van der Waals surface area (Å²) in [6, 6.07) is 4.08. The fraction of sp³-hybridized carbons (Fsp3) is 0.609. The number of aromatic nitrogens is 1.